The molecule has 126 valence electrons. The Morgan fingerprint density at radius 1 is 0.960 bits per heavy atom. The van der Waals surface area contributed by atoms with Crippen LogP contribution in [0.3, 0.4) is 0 Å². The number of nitrogens with zero attached hydrogens (tertiary/aromatic N) is 1. The standard InChI is InChI=1S/C20H18N2O3/c1-24-17-8-9-18(19(11-17)25-2)14-10-15(13-21-12-14)20(23)22-16-6-4-3-5-7-16/h3-13H,1-2H3,(H,22,23). The van der Waals surface area contributed by atoms with Gasteiger partial charge in [-0.1, -0.05) is 18.2 Å². The Bertz CT molecular complexity index is 879. The molecule has 0 atom stereocenters. The highest BCUT2D eigenvalue weighted by Crippen LogP contribution is 2.33. The fourth-order valence-electron chi connectivity index (χ4n) is 2.47. The van der Waals surface area contributed by atoms with Crippen LogP contribution in [0.2, 0.25) is 0 Å². The molecule has 5 heteroatoms. The molecular formula is C20H18N2O3. The molecule has 3 rings (SSSR count). The molecule has 0 spiro atoms. The van der Waals surface area contributed by atoms with E-state index in [0.717, 1.165) is 16.8 Å². The molecular weight excluding hydrogens is 316 g/mol. The van der Waals surface area contributed by atoms with Crippen molar-refractivity contribution >= 4 is 11.6 Å². The number of ether oxygens (including phenoxy) is 2. The smallest absolute Gasteiger partial charge is 0.257 e. The van der Waals surface area contributed by atoms with E-state index in [1.54, 1.807) is 32.5 Å². The third-order valence-corrected chi connectivity index (χ3v) is 3.75. The van der Waals surface area contributed by atoms with Gasteiger partial charge in [0.2, 0.25) is 0 Å². The summed E-state index contributed by atoms with van der Waals surface area (Å²) in [4.78, 5) is 16.6. The Balaban J connectivity index is 1.90. The summed E-state index contributed by atoms with van der Waals surface area (Å²) < 4.78 is 10.6. The van der Waals surface area contributed by atoms with Crippen LogP contribution in [-0.4, -0.2) is 25.1 Å². The predicted octanol–water partition coefficient (Wildman–Crippen LogP) is 4.02. The number of hydrogen-bond donors (Lipinski definition) is 1. The molecule has 0 unspecified atom stereocenters. The van der Waals surface area contributed by atoms with Crippen molar-refractivity contribution in [3.63, 3.8) is 0 Å². The summed E-state index contributed by atoms with van der Waals surface area (Å²) in [5.74, 6) is 1.14. The molecule has 1 N–H and O–H groups in total. The normalized spacial score (nSPS) is 10.2. The van der Waals surface area contributed by atoms with Crippen LogP contribution in [0, 0.1) is 0 Å². The molecule has 0 radical (unpaired) electrons. The molecule has 1 aromatic heterocycles. The average molecular weight is 334 g/mol. The first kappa shape index (κ1) is 16.5. The molecule has 5 nitrogen and oxygen atoms in total. The van der Waals surface area contributed by atoms with Crippen LogP contribution in [-0.2, 0) is 0 Å². The fourth-order valence-corrected chi connectivity index (χ4v) is 2.47. The van der Waals surface area contributed by atoms with E-state index in [1.165, 1.54) is 6.20 Å². The summed E-state index contributed by atoms with van der Waals surface area (Å²) in [7, 11) is 3.20. The molecule has 3 aromatic rings. The molecule has 0 aliphatic carbocycles. The third-order valence-electron chi connectivity index (χ3n) is 3.75. The van der Waals surface area contributed by atoms with Crippen molar-refractivity contribution in [3.8, 4) is 22.6 Å². The maximum Gasteiger partial charge on any atom is 0.257 e. The van der Waals surface area contributed by atoms with Crippen LogP contribution in [0.5, 0.6) is 11.5 Å². The minimum absolute atomic E-state index is 0.215. The zero-order chi connectivity index (χ0) is 17.6. The van der Waals surface area contributed by atoms with E-state index in [4.69, 9.17) is 9.47 Å². The second kappa shape index (κ2) is 7.49. The number of rotatable bonds is 5. The van der Waals surface area contributed by atoms with Gasteiger partial charge in [-0.05, 0) is 30.3 Å². The number of anilines is 1. The van der Waals surface area contributed by atoms with Crippen LogP contribution >= 0.6 is 0 Å². The van der Waals surface area contributed by atoms with E-state index < -0.39 is 0 Å². The lowest BCUT2D eigenvalue weighted by atomic mass is 10.0. The highest BCUT2D eigenvalue weighted by atomic mass is 16.5. The summed E-state index contributed by atoms with van der Waals surface area (Å²) in [6.45, 7) is 0. The molecule has 1 amide bonds. The summed E-state index contributed by atoms with van der Waals surface area (Å²) >= 11 is 0. The van der Waals surface area contributed by atoms with Gasteiger partial charge in [0.1, 0.15) is 11.5 Å². The lowest BCUT2D eigenvalue weighted by Gasteiger charge is -2.11. The molecule has 0 bridgehead atoms. The zero-order valence-corrected chi connectivity index (χ0v) is 14.0. The van der Waals surface area contributed by atoms with Crippen molar-refractivity contribution in [3.05, 3.63) is 72.6 Å². The molecule has 0 aliphatic heterocycles. The van der Waals surface area contributed by atoms with Crippen molar-refractivity contribution < 1.29 is 14.3 Å². The van der Waals surface area contributed by atoms with Gasteiger partial charge in [-0.2, -0.15) is 0 Å². The number of pyridine rings is 1. The Morgan fingerprint density at radius 3 is 2.48 bits per heavy atom. The largest absolute Gasteiger partial charge is 0.497 e. The lowest BCUT2D eigenvalue weighted by molar-refractivity contribution is 0.102. The van der Waals surface area contributed by atoms with E-state index in [-0.39, 0.29) is 5.91 Å². The Kier molecular flexibility index (Phi) is 4.95. The quantitative estimate of drug-likeness (QED) is 0.765. The van der Waals surface area contributed by atoms with E-state index in [0.29, 0.717) is 17.1 Å². The number of benzene rings is 2. The van der Waals surface area contributed by atoms with Crippen molar-refractivity contribution in [2.24, 2.45) is 0 Å². The van der Waals surface area contributed by atoms with Gasteiger partial charge < -0.3 is 14.8 Å². The van der Waals surface area contributed by atoms with E-state index in [1.807, 2.05) is 42.5 Å². The number of hydrogen-bond acceptors (Lipinski definition) is 4. The van der Waals surface area contributed by atoms with Crippen molar-refractivity contribution in [1.29, 1.82) is 0 Å². The van der Waals surface area contributed by atoms with Gasteiger partial charge >= 0.3 is 0 Å². The highest BCUT2D eigenvalue weighted by Gasteiger charge is 2.12. The lowest BCUT2D eigenvalue weighted by Crippen LogP contribution is -2.12. The van der Waals surface area contributed by atoms with Crippen LogP contribution in [0.15, 0.2) is 67.0 Å². The number of nitrogens with one attached hydrogen (secondary N) is 1. The first-order valence-corrected chi connectivity index (χ1v) is 7.75. The van der Waals surface area contributed by atoms with E-state index in [9.17, 15) is 4.79 Å². The maximum absolute atomic E-state index is 12.5. The molecule has 1 heterocycles. The third kappa shape index (κ3) is 3.77. The van der Waals surface area contributed by atoms with E-state index in [2.05, 4.69) is 10.3 Å². The second-order valence-electron chi connectivity index (χ2n) is 5.35. The van der Waals surface area contributed by atoms with Gasteiger partial charge in [0.05, 0.1) is 19.8 Å². The Morgan fingerprint density at radius 2 is 1.76 bits per heavy atom. The van der Waals surface area contributed by atoms with Crippen LogP contribution in [0.25, 0.3) is 11.1 Å². The number of carbonyl (C=O) groups is 1. The van der Waals surface area contributed by atoms with Gasteiger partial charge in [0.15, 0.2) is 0 Å². The van der Waals surface area contributed by atoms with E-state index >= 15 is 0 Å². The molecule has 0 saturated heterocycles. The van der Waals surface area contributed by atoms with Gasteiger partial charge in [0.25, 0.3) is 5.91 Å². The number of methoxy groups -OCH3 is 2. The summed E-state index contributed by atoms with van der Waals surface area (Å²) in [6.07, 6.45) is 3.24. The first-order valence-electron chi connectivity index (χ1n) is 7.75. The zero-order valence-electron chi connectivity index (χ0n) is 14.0. The van der Waals surface area contributed by atoms with Crippen molar-refractivity contribution in [1.82, 2.24) is 4.98 Å². The number of amides is 1. The molecule has 2 aromatic carbocycles. The molecule has 0 saturated carbocycles. The predicted molar refractivity (Wildman–Crippen MR) is 97.2 cm³/mol. The summed E-state index contributed by atoms with van der Waals surface area (Å²) in [6, 6.07) is 16.6. The van der Waals surface area contributed by atoms with Crippen LogP contribution in [0.1, 0.15) is 10.4 Å². The highest BCUT2D eigenvalue weighted by molar-refractivity contribution is 6.04. The SMILES string of the molecule is COc1ccc(-c2cncc(C(=O)Nc3ccccc3)c2)c(OC)c1. The first-order chi connectivity index (χ1) is 12.2. The molecule has 0 fully saturated rings. The van der Waals surface area contributed by atoms with Gasteiger partial charge in [0, 0.05) is 35.3 Å². The monoisotopic (exact) mass is 334 g/mol. The minimum Gasteiger partial charge on any atom is -0.497 e. The number of para-hydroxylation sites is 1. The van der Waals surface area contributed by atoms with Crippen LogP contribution < -0.4 is 14.8 Å². The van der Waals surface area contributed by atoms with Crippen LogP contribution in [0.4, 0.5) is 5.69 Å². The topological polar surface area (TPSA) is 60.5 Å². The van der Waals surface area contributed by atoms with Crippen molar-refractivity contribution in [2.75, 3.05) is 19.5 Å². The Hall–Kier alpha value is -3.34. The van der Waals surface area contributed by atoms with Gasteiger partial charge in [-0.3, -0.25) is 9.78 Å². The Labute approximate surface area is 146 Å². The number of aromatic nitrogens is 1. The average Bonchev–Trinajstić information content (AvgIpc) is 2.68. The fraction of sp³-hybridized carbons (Fsp3) is 0.100. The van der Waals surface area contributed by atoms with Gasteiger partial charge in [-0.15, -0.1) is 0 Å². The second-order valence-corrected chi connectivity index (χ2v) is 5.35. The summed E-state index contributed by atoms with van der Waals surface area (Å²) in [5.41, 5.74) is 2.84. The van der Waals surface area contributed by atoms with Gasteiger partial charge in [-0.25, -0.2) is 0 Å². The minimum atomic E-state index is -0.215. The maximum atomic E-state index is 12.5. The molecule has 0 aliphatic rings. The number of carbonyl (C=O) groups excluding carboxylic acids is 1. The molecule has 25 heavy (non-hydrogen) atoms. The van der Waals surface area contributed by atoms with Crippen molar-refractivity contribution in [2.45, 2.75) is 0 Å². The summed E-state index contributed by atoms with van der Waals surface area (Å²) in [5, 5.41) is 2.85.